The van der Waals surface area contributed by atoms with Crippen molar-refractivity contribution in [2.75, 3.05) is 6.54 Å². The van der Waals surface area contributed by atoms with E-state index in [-0.39, 0.29) is 11.7 Å². The quantitative estimate of drug-likeness (QED) is 0.712. The van der Waals surface area contributed by atoms with Gasteiger partial charge in [-0.05, 0) is 49.1 Å². The average molecular weight is 362 g/mol. The number of rotatable bonds is 4. The molecule has 1 saturated carbocycles. The molecule has 1 fully saturated rings. The second-order valence-corrected chi connectivity index (χ2v) is 7.38. The molecule has 2 aromatic heterocycles. The Morgan fingerprint density at radius 3 is 2.67 bits per heavy atom. The Labute approximate surface area is 156 Å². The van der Waals surface area contributed by atoms with Crippen molar-refractivity contribution in [1.29, 1.82) is 0 Å². The van der Waals surface area contributed by atoms with Gasteiger partial charge in [0.1, 0.15) is 11.5 Å². The number of carbonyl (C=O) groups excluding carboxylic acids is 1. The lowest BCUT2D eigenvalue weighted by Gasteiger charge is -2.14. The molecule has 5 rings (SSSR count). The van der Waals surface area contributed by atoms with E-state index in [1.54, 1.807) is 23.0 Å². The SMILES string of the molecule is Cn1cc(-c2ccnc3c2C(=O)N(CC2CC2)C3)c(-c2ccc(F)cc2)n1. The Bertz CT molecular complexity index is 1040. The molecular weight excluding hydrogens is 343 g/mol. The van der Waals surface area contributed by atoms with Gasteiger partial charge in [-0.25, -0.2) is 4.39 Å². The van der Waals surface area contributed by atoms with Crippen LogP contribution in [0.25, 0.3) is 22.4 Å². The fourth-order valence-electron chi connectivity index (χ4n) is 3.76. The van der Waals surface area contributed by atoms with Crippen molar-refractivity contribution in [3.05, 3.63) is 59.8 Å². The van der Waals surface area contributed by atoms with E-state index in [4.69, 9.17) is 0 Å². The summed E-state index contributed by atoms with van der Waals surface area (Å²) in [5, 5.41) is 4.56. The molecular formula is C21H19FN4O. The van der Waals surface area contributed by atoms with Gasteiger partial charge in [0.25, 0.3) is 5.91 Å². The van der Waals surface area contributed by atoms with Gasteiger partial charge in [0.2, 0.25) is 0 Å². The topological polar surface area (TPSA) is 51.0 Å². The van der Waals surface area contributed by atoms with Crippen molar-refractivity contribution >= 4 is 5.91 Å². The summed E-state index contributed by atoms with van der Waals surface area (Å²) >= 11 is 0. The summed E-state index contributed by atoms with van der Waals surface area (Å²) < 4.78 is 15.1. The zero-order valence-electron chi connectivity index (χ0n) is 15.0. The van der Waals surface area contributed by atoms with Gasteiger partial charge >= 0.3 is 0 Å². The first kappa shape index (κ1) is 16.2. The van der Waals surface area contributed by atoms with Crippen molar-refractivity contribution in [2.45, 2.75) is 19.4 Å². The third kappa shape index (κ3) is 2.81. The van der Waals surface area contributed by atoms with Crippen molar-refractivity contribution in [1.82, 2.24) is 19.7 Å². The summed E-state index contributed by atoms with van der Waals surface area (Å²) in [6.07, 6.45) is 6.07. The first-order chi connectivity index (χ1) is 13.1. The first-order valence-corrected chi connectivity index (χ1v) is 9.17. The summed E-state index contributed by atoms with van der Waals surface area (Å²) in [6, 6.07) is 8.15. The van der Waals surface area contributed by atoms with Crippen LogP contribution in [0.5, 0.6) is 0 Å². The van der Waals surface area contributed by atoms with E-state index in [9.17, 15) is 9.18 Å². The van der Waals surface area contributed by atoms with Gasteiger partial charge in [-0.2, -0.15) is 5.10 Å². The summed E-state index contributed by atoms with van der Waals surface area (Å²) in [7, 11) is 1.85. The Balaban J connectivity index is 1.60. The maximum absolute atomic E-state index is 13.3. The number of nitrogens with zero attached hydrogens (tertiary/aromatic N) is 4. The van der Waals surface area contributed by atoms with E-state index in [1.165, 1.54) is 25.0 Å². The molecule has 0 radical (unpaired) electrons. The number of aromatic nitrogens is 3. The van der Waals surface area contributed by atoms with Crippen LogP contribution in [-0.2, 0) is 13.6 Å². The van der Waals surface area contributed by atoms with Crippen LogP contribution in [0.1, 0.15) is 28.9 Å². The Kier molecular flexibility index (Phi) is 3.60. The number of pyridine rings is 1. The fraction of sp³-hybridized carbons (Fsp3) is 0.286. The van der Waals surface area contributed by atoms with Gasteiger partial charge < -0.3 is 4.90 Å². The van der Waals surface area contributed by atoms with Crippen LogP contribution >= 0.6 is 0 Å². The normalized spacial score (nSPS) is 16.1. The van der Waals surface area contributed by atoms with Crippen molar-refractivity contribution in [3.63, 3.8) is 0 Å². The molecule has 0 atom stereocenters. The number of benzene rings is 1. The van der Waals surface area contributed by atoms with Crippen molar-refractivity contribution < 1.29 is 9.18 Å². The van der Waals surface area contributed by atoms with E-state index in [0.717, 1.165) is 34.6 Å². The zero-order chi connectivity index (χ0) is 18.5. The lowest BCUT2D eigenvalue weighted by molar-refractivity contribution is 0.0771. The molecule has 0 unspecified atom stereocenters. The smallest absolute Gasteiger partial charge is 0.256 e. The monoisotopic (exact) mass is 362 g/mol. The predicted octanol–water partition coefficient (Wildman–Crippen LogP) is 3.65. The molecule has 6 heteroatoms. The van der Waals surface area contributed by atoms with Gasteiger partial charge in [-0.1, -0.05) is 0 Å². The molecule has 1 amide bonds. The van der Waals surface area contributed by atoms with E-state index < -0.39 is 0 Å². The molecule has 1 aliphatic heterocycles. The number of amides is 1. The Morgan fingerprint density at radius 1 is 1.15 bits per heavy atom. The summed E-state index contributed by atoms with van der Waals surface area (Å²) in [5.41, 5.74) is 4.76. The van der Waals surface area contributed by atoms with E-state index in [0.29, 0.717) is 18.0 Å². The molecule has 0 bridgehead atoms. The number of hydrogen-bond donors (Lipinski definition) is 0. The summed E-state index contributed by atoms with van der Waals surface area (Å²) in [5.74, 6) is 0.403. The van der Waals surface area contributed by atoms with Crippen LogP contribution < -0.4 is 0 Å². The molecule has 0 N–H and O–H groups in total. The summed E-state index contributed by atoms with van der Waals surface area (Å²) in [4.78, 5) is 19.4. The van der Waals surface area contributed by atoms with Crippen molar-refractivity contribution in [3.8, 4) is 22.4 Å². The molecule has 2 aliphatic rings. The minimum Gasteiger partial charge on any atom is -0.332 e. The largest absolute Gasteiger partial charge is 0.332 e. The number of aryl methyl sites for hydroxylation is 1. The second kappa shape index (κ2) is 6.01. The molecule has 27 heavy (non-hydrogen) atoms. The lowest BCUT2D eigenvalue weighted by Crippen LogP contribution is -2.26. The standard InChI is InChI=1S/C21H19FN4O/c1-25-11-17(20(24-25)14-4-6-15(22)7-5-14)16-8-9-23-18-12-26(10-13-2-3-13)21(27)19(16)18/h4-9,11,13H,2-3,10,12H2,1H3. The van der Waals surface area contributed by atoms with Crippen LogP contribution in [0.4, 0.5) is 4.39 Å². The highest BCUT2D eigenvalue weighted by Crippen LogP contribution is 2.38. The van der Waals surface area contributed by atoms with Crippen LogP contribution in [-0.4, -0.2) is 32.1 Å². The maximum atomic E-state index is 13.3. The highest BCUT2D eigenvalue weighted by atomic mass is 19.1. The molecule has 136 valence electrons. The van der Waals surface area contributed by atoms with E-state index >= 15 is 0 Å². The maximum Gasteiger partial charge on any atom is 0.256 e. The predicted molar refractivity (Wildman–Crippen MR) is 99.3 cm³/mol. The minimum absolute atomic E-state index is 0.0499. The van der Waals surface area contributed by atoms with Crippen molar-refractivity contribution in [2.24, 2.45) is 13.0 Å². The zero-order valence-corrected chi connectivity index (χ0v) is 15.0. The van der Waals surface area contributed by atoms with Gasteiger partial charge in [0, 0.05) is 42.7 Å². The number of carbonyl (C=O) groups is 1. The van der Waals surface area contributed by atoms with E-state index in [2.05, 4.69) is 10.1 Å². The molecule has 1 aromatic carbocycles. The fourth-order valence-corrected chi connectivity index (χ4v) is 3.76. The van der Waals surface area contributed by atoms with Crippen LogP contribution in [0, 0.1) is 11.7 Å². The number of hydrogen-bond acceptors (Lipinski definition) is 3. The molecule has 3 heterocycles. The third-order valence-electron chi connectivity index (χ3n) is 5.28. The minimum atomic E-state index is -0.285. The van der Waals surface area contributed by atoms with Gasteiger partial charge in [-0.15, -0.1) is 0 Å². The molecule has 3 aromatic rings. The molecule has 5 nitrogen and oxygen atoms in total. The molecule has 0 saturated heterocycles. The molecule has 0 spiro atoms. The molecule has 1 aliphatic carbocycles. The van der Waals surface area contributed by atoms with Gasteiger partial charge in [-0.3, -0.25) is 14.5 Å². The first-order valence-electron chi connectivity index (χ1n) is 9.17. The Hall–Kier alpha value is -3.02. The number of halogens is 1. The van der Waals surface area contributed by atoms with Gasteiger partial charge in [0.05, 0.1) is 17.8 Å². The van der Waals surface area contributed by atoms with Gasteiger partial charge in [0.15, 0.2) is 0 Å². The van der Waals surface area contributed by atoms with Crippen LogP contribution in [0.2, 0.25) is 0 Å². The highest BCUT2D eigenvalue weighted by molar-refractivity contribution is 6.05. The van der Waals surface area contributed by atoms with Crippen LogP contribution in [0.3, 0.4) is 0 Å². The summed E-state index contributed by atoms with van der Waals surface area (Å²) in [6.45, 7) is 1.39. The lowest BCUT2D eigenvalue weighted by atomic mass is 9.97. The second-order valence-electron chi connectivity index (χ2n) is 7.38. The number of fused-ring (bicyclic) bond motifs is 1. The average Bonchev–Trinajstić information content (AvgIpc) is 3.31. The van der Waals surface area contributed by atoms with E-state index in [1.807, 2.05) is 24.2 Å². The third-order valence-corrected chi connectivity index (χ3v) is 5.28. The van der Waals surface area contributed by atoms with Crippen LogP contribution in [0.15, 0.2) is 42.7 Å². The Morgan fingerprint density at radius 2 is 1.93 bits per heavy atom. The highest BCUT2D eigenvalue weighted by Gasteiger charge is 2.35.